The van der Waals surface area contributed by atoms with Crippen molar-refractivity contribution in [2.75, 3.05) is 14.2 Å². The molecule has 5 heteroatoms. The summed E-state index contributed by atoms with van der Waals surface area (Å²) in [6.07, 6.45) is 0.533. The number of ether oxygens (including phenoxy) is 2. The second kappa shape index (κ2) is 5.32. The number of aromatic nitrogens is 1. The fourth-order valence-electron chi connectivity index (χ4n) is 2.08. The molecule has 0 radical (unpaired) electrons. The summed E-state index contributed by atoms with van der Waals surface area (Å²) in [4.78, 5) is 14.8. The van der Waals surface area contributed by atoms with Crippen LogP contribution in [0.3, 0.4) is 0 Å². The Balaban J connectivity index is 2.67. The molecule has 0 aliphatic carbocycles. The van der Waals surface area contributed by atoms with Gasteiger partial charge in [-0.25, -0.2) is 0 Å². The van der Waals surface area contributed by atoms with E-state index in [0.717, 1.165) is 5.39 Å². The number of fused-ring (bicyclic) bond motifs is 1. The molecule has 0 aliphatic heterocycles. The lowest BCUT2D eigenvalue weighted by Gasteiger charge is -2.10. The Hall–Kier alpha value is -2.01. The van der Waals surface area contributed by atoms with Gasteiger partial charge in [-0.05, 0) is 25.5 Å². The van der Waals surface area contributed by atoms with Crippen molar-refractivity contribution in [2.24, 2.45) is 5.73 Å². The minimum atomic E-state index is -0.131. The lowest BCUT2D eigenvalue weighted by molar-refractivity contribution is 0.397. The van der Waals surface area contributed by atoms with Gasteiger partial charge < -0.3 is 20.2 Å². The normalized spacial score (nSPS) is 12.4. The molecule has 0 spiro atoms. The summed E-state index contributed by atoms with van der Waals surface area (Å²) < 4.78 is 10.5. The highest BCUT2D eigenvalue weighted by Gasteiger charge is 2.10. The fourth-order valence-corrected chi connectivity index (χ4v) is 2.08. The van der Waals surface area contributed by atoms with Gasteiger partial charge >= 0.3 is 0 Å². The van der Waals surface area contributed by atoms with Crippen LogP contribution in [0.25, 0.3) is 10.9 Å². The van der Waals surface area contributed by atoms with E-state index in [1.165, 1.54) is 0 Å². The number of H-pyrrole nitrogens is 1. The molecule has 19 heavy (non-hydrogen) atoms. The van der Waals surface area contributed by atoms with Gasteiger partial charge in [-0.3, -0.25) is 4.79 Å². The number of methoxy groups -OCH3 is 2. The highest BCUT2D eigenvalue weighted by Crippen LogP contribution is 2.29. The zero-order valence-corrected chi connectivity index (χ0v) is 11.3. The van der Waals surface area contributed by atoms with Crippen molar-refractivity contribution in [3.8, 4) is 11.5 Å². The zero-order chi connectivity index (χ0) is 14.0. The third-order valence-corrected chi connectivity index (χ3v) is 2.96. The smallest absolute Gasteiger partial charge is 0.251 e. The summed E-state index contributed by atoms with van der Waals surface area (Å²) in [5.41, 5.74) is 6.95. The third kappa shape index (κ3) is 2.71. The van der Waals surface area contributed by atoms with Gasteiger partial charge in [0.15, 0.2) is 0 Å². The van der Waals surface area contributed by atoms with Gasteiger partial charge in [0.25, 0.3) is 5.56 Å². The molecular formula is C14H18N2O3. The van der Waals surface area contributed by atoms with Crippen molar-refractivity contribution in [1.29, 1.82) is 0 Å². The summed E-state index contributed by atoms with van der Waals surface area (Å²) in [5.74, 6) is 1.27. The molecule has 0 saturated carbocycles. The molecule has 102 valence electrons. The maximum Gasteiger partial charge on any atom is 0.251 e. The summed E-state index contributed by atoms with van der Waals surface area (Å²) in [6.45, 7) is 1.87. The number of nitrogens with two attached hydrogens (primary N) is 1. The van der Waals surface area contributed by atoms with Crippen LogP contribution in [0.15, 0.2) is 23.0 Å². The zero-order valence-electron chi connectivity index (χ0n) is 11.3. The Morgan fingerprint density at radius 1 is 1.26 bits per heavy atom. The van der Waals surface area contributed by atoms with Gasteiger partial charge in [0.05, 0.1) is 19.7 Å². The van der Waals surface area contributed by atoms with Gasteiger partial charge in [-0.1, -0.05) is 0 Å². The van der Waals surface area contributed by atoms with Crippen LogP contribution in [-0.4, -0.2) is 25.2 Å². The first kappa shape index (κ1) is 13.4. The molecule has 3 N–H and O–H groups in total. The minimum absolute atomic E-state index is 0.0638. The third-order valence-electron chi connectivity index (χ3n) is 2.96. The van der Waals surface area contributed by atoms with Crippen molar-refractivity contribution in [3.05, 3.63) is 34.1 Å². The Morgan fingerprint density at radius 2 is 2.00 bits per heavy atom. The Labute approximate surface area is 111 Å². The topological polar surface area (TPSA) is 77.3 Å². The van der Waals surface area contributed by atoms with Crippen molar-refractivity contribution in [3.63, 3.8) is 0 Å². The maximum absolute atomic E-state index is 12.0. The second-order valence-corrected chi connectivity index (χ2v) is 4.60. The van der Waals surface area contributed by atoms with Crippen LogP contribution in [0.4, 0.5) is 0 Å². The van der Waals surface area contributed by atoms with Gasteiger partial charge in [0.1, 0.15) is 11.5 Å². The summed E-state index contributed by atoms with van der Waals surface area (Å²) in [6, 6.07) is 5.37. The van der Waals surface area contributed by atoms with E-state index in [-0.39, 0.29) is 11.6 Å². The monoisotopic (exact) mass is 262 g/mol. The highest BCUT2D eigenvalue weighted by atomic mass is 16.5. The van der Waals surface area contributed by atoms with E-state index >= 15 is 0 Å². The molecule has 0 bridgehead atoms. The molecule has 1 atom stereocenters. The number of hydrogen-bond acceptors (Lipinski definition) is 4. The quantitative estimate of drug-likeness (QED) is 0.874. The van der Waals surface area contributed by atoms with E-state index in [0.29, 0.717) is 29.0 Å². The summed E-state index contributed by atoms with van der Waals surface area (Å²) in [5, 5.41) is 0.867. The van der Waals surface area contributed by atoms with Crippen molar-refractivity contribution >= 4 is 10.9 Å². The van der Waals surface area contributed by atoms with Crippen molar-refractivity contribution in [1.82, 2.24) is 4.98 Å². The lowest BCUT2D eigenvalue weighted by atomic mass is 10.1. The van der Waals surface area contributed by atoms with Crippen LogP contribution >= 0.6 is 0 Å². The molecule has 2 rings (SSSR count). The van der Waals surface area contributed by atoms with E-state index in [2.05, 4.69) is 4.98 Å². The standard InChI is InChI=1S/C14H18N2O3/c1-8(15)4-10-5-9-6-11(18-2)7-12(19-3)13(9)16-14(10)17/h5-8H,4,15H2,1-3H3,(H,16,17). The van der Waals surface area contributed by atoms with E-state index in [9.17, 15) is 4.79 Å². The summed E-state index contributed by atoms with van der Waals surface area (Å²) in [7, 11) is 3.15. The Kier molecular flexibility index (Phi) is 3.76. The maximum atomic E-state index is 12.0. The predicted molar refractivity (Wildman–Crippen MR) is 75.0 cm³/mol. The molecule has 1 aromatic carbocycles. The molecule has 0 saturated heterocycles. The van der Waals surface area contributed by atoms with Crippen molar-refractivity contribution in [2.45, 2.75) is 19.4 Å². The molecule has 1 heterocycles. The van der Waals surface area contributed by atoms with Gasteiger partial charge in [-0.15, -0.1) is 0 Å². The molecule has 1 unspecified atom stereocenters. The first-order valence-corrected chi connectivity index (χ1v) is 6.08. The largest absolute Gasteiger partial charge is 0.497 e. The number of pyridine rings is 1. The number of hydrogen-bond donors (Lipinski definition) is 2. The average Bonchev–Trinajstić information content (AvgIpc) is 2.38. The molecule has 1 aromatic heterocycles. The van der Waals surface area contributed by atoms with E-state index in [1.807, 2.05) is 19.1 Å². The predicted octanol–water partition coefficient (Wildman–Crippen LogP) is 1.43. The number of nitrogens with one attached hydrogen (secondary N) is 1. The number of aromatic amines is 1. The van der Waals surface area contributed by atoms with Crippen LogP contribution in [0, 0.1) is 0 Å². The van der Waals surface area contributed by atoms with Crippen LogP contribution in [0.5, 0.6) is 11.5 Å². The number of rotatable bonds is 4. The van der Waals surface area contributed by atoms with Crippen LogP contribution in [-0.2, 0) is 6.42 Å². The highest BCUT2D eigenvalue weighted by molar-refractivity contribution is 5.86. The van der Waals surface area contributed by atoms with E-state index in [1.54, 1.807) is 20.3 Å². The lowest BCUT2D eigenvalue weighted by Crippen LogP contribution is -2.23. The first-order valence-electron chi connectivity index (χ1n) is 6.08. The molecule has 2 aromatic rings. The SMILES string of the molecule is COc1cc(OC)c2[nH]c(=O)c(CC(C)N)cc2c1. The molecule has 5 nitrogen and oxygen atoms in total. The Morgan fingerprint density at radius 3 is 2.58 bits per heavy atom. The van der Waals surface area contributed by atoms with Gasteiger partial charge in [0.2, 0.25) is 0 Å². The fraction of sp³-hybridized carbons (Fsp3) is 0.357. The van der Waals surface area contributed by atoms with Gasteiger partial charge in [-0.2, -0.15) is 0 Å². The number of benzene rings is 1. The second-order valence-electron chi connectivity index (χ2n) is 4.60. The first-order chi connectivity index (χ1) is 9.05. The molecular weight excluding hydrogens is 244 g/mol. The van der Waals surface area contributed by atoms with Crippen LogP contribution in [0.1, 0.15) is 12.5 Å². The van der Waals surface area contributed by atoms with Crippen LogP contribution in [0.2, 0.25) is 0 Å². The molecule has 0 amide bonds. The molecule has 0 aliphatic rings. The van der Waals surface area contributed by atoms with E-state index in [4.69, 9.17) is 15.2 Å². The minimum Gasteiger partial charge on any atom is -0.497 e. The summed E-state index contributed by atoms with van der Waals surface area (Å²) >= 11 is 0. The van der Waals surface area contributed by atoms with E-state index < -0.39 is 0 Å². The van der Waals surface area contributed by atoms with Gasteiger partial charge in [0, 0.05) is 23.1 Å². The average molecular weight is 262 g/mol. The van der Waals surface area contributed by atoms with Crippen LogP contribution < -0.4 is 20.8 Å². The van der Waals surface area contributed by atoms with Crippen molar-refractivity contribution < 1.29 is 9.47 Å². The Bertz CT molecular complexity index is 647. The molecule has 0 fully saturated rings.